The van der Waals surface area contributed by atoms with Crippen LogP contribution in [0.5, 0.6) is 0 Å². The Bertz CT molecular complexity index is 636. The van der Waals surface area contributed by atoms with Crippen molar-refractivity contribution in [3.8, 4) is 0 Å². The van der Waals surface area contributed by atoms with Gasteiger partial charge in [-0.3, -0.25) is 4.79 Å². The van der Waals surface area contributed by atoms with Crippen LogP contribution in [0.1, 0.15) is 20.2 Å². The first-order valence-electron chi connectivity index (χ1n) is 5.55. The van der Waals surface area contributed by atoms with E-state index in [1.54, 1.807) is 0 Å². The Labute approximate surface area is 116 Å². The molecule has 0 aliphatic carbocycles. The molecule has 0 atom stereocenters. The fourth-order valence-electron chi connectivity index (χ4n) is 1.62. The van der Waals surface area contributed by atoms with E-state index in [0.717, 1.165) is 15.9 Å². The molecule has 8 heteroatoms. The van der Waals surface area contributed by atoms with Gasteiger partial charge in [0.15, 0.2) is 0 Å². The molecule has 0 saturated heterocycles. The summed E-state index contributed by atoms with van der Waals surface area (Å²) < 4.78 is 25.8. The predicted octanol–water partition coefficient (Wildman–Crippen LogP) is 2.77. The normalized spacial score (nSPS) is 10.8. The van der Waals surface area contributed by atoms with Gasteiger partial charge in [0.05, 0.1) is 11.5 Å². The molecular formula is C12H10F2N2O3S. The van der Waals surface area contributed by atoms with E-state index in [-0.39, 0.29) is 10.6 Å². The minimum atomic E-state index is -2.56. The topological polar surface area (TPSA) is 71.3 Å². The van der Waals surface area contributed by atoms with Gasteiger partial charge in [-0.1, -0.05) is 0 Å². The Morgan fingerprint density at radius 1 is 1.35 bits per heavy atom. The van der Waals surface area contributed by atoms with Crippen LogP contribution in [-0.2, 0) is 6.54 Å². The lowest BCUT2D eigenvalue weighted by atomic mass is 10.4. The highest BCUT2D eigenvalue weighted by Gasteiger charge is 2.15. The minimum absolute atomic E-state index is 0.0864. The van der Waals surface area contributed by atoms with Crippen LogP contribution in [0, 0.1) is 0 Å². The first-order chi connectivity index (χ1) is 9.47. The lowest BCUT2D eigenvalue weighted by Gasteiger charge is -2.08. The average molecular weight is 300 g/mol. The summed E-state index contributed by atoms with van der Waals surface area (Å²) in [6, 6.07) is 5.73. The van der Waals surface area contributed by atoms with E-state index in [1.165, 1.54) is 30.5 Å². The lowest BCUT2D eigenvalue weighted by Crippen LogP contribution is -2.18. The van der Waals surface area contributed by atoms with E-state index in [0.29, 0.717) is 5.00 Å². The number of hydrogen-bond acceptors (Lipinski definition) is 3. The number of nitrogens with zero attached hydrogens (tertiary/aromatic N) is 1. The largest absolute Gasteiger partial charge is 0.477 e. The molecule has 0 unspecified atom stereocenters. The molecule has 2 heterocycles. The summed E-state index contributed by atoms with van der Waals surface area (Å²) in [6.07, 6.45) is -1.17. The minimum Gasteiger partial charge on any atom is -0.477 e. The van der Waals surface area contributed by atoms with Gasteiger partial charge in [-0.15, -0.1) is 11.3 Å². The zero-order chi connectivity index (χ0) is 14.7. The van der Waals surface area contributed by atoms with Crippen molar-refractivity contribution >= 4 is 28.2 Å². The molecule has 0 saturated carbocycles. The Morgan fingerprint density at radius 3 is 2.70 bits per heavy atom. The van der Waals surface area contributed by atoms with Gasteiger partial charge >= 0.3 is 5.97 Å². The number of rotatable bonds is 5. The number of carbonyl (C=O) groups is 2. The molecule has 0 fully saturated rings. The summed E-state index contributed by atoms with van der Waals surface area (Å²) in [6.45, 7) is -0.569. The van der Waals surface area contributed by atoms with Gasteiger partial charge in [0.2, 0.25) is 0 Å². The highest BCUT2D eigenvalue weighted by Crippen LogP contribution is 2.22. The SMILES string of the molecule is O=C(O)c1ccc(NC(=O)c2cccn2CC(F)F)s1. The number of nitrogens with one attached hydrogen (secondary N) is 1. The average Bonchev–Trinajstić information content (AvgIpc) is 2.97. The van der Waals surface area contributed by atoms with E-state index < -0.39 is 24.8 Å². The Kier molecular flexibility index (Phi) is 4.14. The fraction of sp³-hybridized carbons (Fsp3) is 0.167. The maximum atomic E-state index is 12.3. The number of aromatic nitrogens is 1. The van der Waals surface area contributed by atoms with Gasteiger partial charge in [-0.05, 0) is 24.3 Å². The van der Waals surface area contributed by atoms with Crippen LogP contribution in [0.4, 0.5) is 13.8 Å². The number of aromatic carboxylic acids is 1. The monoisotopic (exact) mass is 300 g/mol. The van der Waals surface area contributed by atoms with E-state index in [1.807, 2.05) is 0 Å². The number of hydrogen-bond donors (Lipinski definition) is 2. The molecule has 2 rings (SSSR count). The molecule has 106 valence electrons. The van der Waals surface area contributed by atoms with Crippen molar-refractivity contribution in [1.82, 2.24) is 4.57 Å². The van der Waals surface area contributed by atoms with Crippen LogP contribution in [0.25, 0.3) is 0 Å². The highest BCUT2D eigenvalue weighted by atomic mass is 32.1. The molecule has 20 heavy (non-hydrogen) atoms. The van der Waals surface area contributed by atoms with E-state index >= 15 is 0 Å². The highest BCUT2D eigenvalue weighted by molar-refractivity contribution is 7.18. The Morgan fingerprint density at radius 2 is 2.10 bits per heavy atom. The Balaban J connectivity index is 2.11. The molecule has 0 aromatic carbocycles. The quantitative estimate of drug-likeness (QED) is 0.892. The van der Waals surface area contributed by atoms with Gasteiger partial charge in [0.1, 0.15) is 10.6 Å². The molecule has 0 radical (unpaired) electrons. The maximum Gasteiger partial charge on any atom is 0.345 e. The number of thiophene rings is 1. The first-order valence-corrected chi connectivity index (χ1v) is 6.37. The summed E-state index contributed by atoms with van der Waals surface area (Å²) in [5, 5.41) is 11.6. The third-order valence-electron chi connectivity index (χ3n) is 2.45. The van der Waals surface area contributed by atoms with E-state index in [9.17, 15) is 18.4 Å². The number of amides is 1. The summed E-state index contributed by atoms with van der Waals surface area (Å²) >= 11 is 0.897. The van der Waals surface area contributed by atoms with Crippen molar-refractivity contribution < 1.29 is 23.5 Å². The lowest BCUT2D eigenvalue weighted by molar-refractivity contribution is 0.0701. The van der Waals surface area contributed by atoms with Crippen molar-refractivity contribution in [3.05, 3.63) is 41.0 Å². The van der Waals surface area contributed by atoms with Crippen LogP contribution in [0.15, 0.2) is 30.5 Å². The zero-order valence-corrected chi connectivity index (χ0v) is 10.9. The van der Waals surface area contributed by atoms with Gasteiger partial charge in [0.25, 0.3) is 12.3 Å². The van der Waals surface area contributed by atoms with Crippen molar-refractivity contribution in [1.29, 1.82) is 0 Å². The molecule has 0 aliphatic heterocycles. The molecule has 5 nitrogen and oxygen atoms in total. The molecule has 2 N–H and O–H groups in total. The summed E-state index contributed by atoms with van der Waals surface area (Å²) in [5.74, 6) is -1.65. The predicted molar refractivity (Wildman–Crippen MR) is 69.7 cm³/mol. The van der Waals surface area contributed by atoms with Gasteiger partial charge in [0, 0.05) is 6.20 Å². The van der Waals surface area contributed by atoms with Crippen LogP contribution >= 0.6 is 11.3 Å². The molecule has 0 spiro atoms. The zero-order valence-electron chi connectivity index (χ0n) is 10.0. The third kappa shape index (κ3) is 3.21. The summed E-state index contributed by atoms with van der Waals surface area (Å²) in [4.78, 5) is 22.7. The second-order valence-electron chi connectivity index (χ2n) is 3.86. The standard InChI is InChI=1S/C12H10F2N2O3S/c13-9(14)6-16-5-1-2-7(16)11(17)15-10-4-3-8(20-10)12(18)19/h1-5,9H,6H2,(H,15,17)(H,18,19). The van der Waals surface area contributed by atoms with Crippen LogP contribution < -0.4 is 5.32 Å². The van der Waals surface area contributed by atoms with Crippen molar-refractivity contribution in [2.75, 3.05) is 5.32 Å². The van der Waals surface area contributed by atoms with Crippen LogP contribution in [0.3, 0.4) is 0 Å². The molecule has 2 aromatic heterocycles. The molecule has 0 aliphatic rings. The van der Waals surface area contributed by atoms with Crippen LogP contribution in [0.2, 0.25) is 0 Å². The smallest absolute Gasteiger partial charge is 0.345 e. The summed E-state index contributed by atoms with van der Waals surface area (Å²) in [7, 11) is 0. The third-order valence-corrected chi connectivity index (χ3v) is 3.44. The second-order valence-corrected chi connectivity index (χ2v) is 4.94. The van der Waals surface area contributed by atoms with Crippen molar-refractivity contribution in [2.24, 2.45) is 0 Å². The van der Waals surface area contributed by atoms with Gasteiger partial charge in [-0.25, -0.2) is 13.6 Å². The Hall–Kier alpha value is -2.22. The first kappa shape index (κ1) is 14.2. The number of halogens is 2. The number of carbonyl (C=O) groups excluding carboxylic acids is 1. The number of carboxylic acid groups (broad SMARTS) is 1. The molecule has 0 bridgehead atoms. The number of alkyl halides is 2. The van der Waals surface area contributed by atoms with E-state index in [4.69, 9.17) is 5.11 Å². The van der Waals surface area contributed by atoms with E-state index in [2.05, 4.69) is 5.32 Å². The van der Waals surface area contributed by atoms with Crippen LogP contribution in [-0.4, -0.2) is 28.0 Å². The molecule has 2 aromatic rings. The van der Waals surface area contributed by atoms with Crippen molar-refractivity contribution in [3.63, 3.8) is 0 Å². The molecular weight excluding hydrogens is 290 g/mol. The number of anilines is 1. The van der Waals surface area contributed by atoms with Crippen molar-refractivity contribution in [2.45, 2.75) is 13.0 Å². The summed E-state index contributed by atoms with van der Waals surface area (Å²) in [5.41, 5.74) is 0.0931. The molecule has 1 amide bonds. The van der Waals surface area contributed by atoms with Gasteiger partial charge < -0.3 is 15.0 Å². The number of carboxylic acids is 1. The second kappa shape index (κ2) is 5.83. The fourth-order valence-corrected chi connectivity index (χ4v) is 2.36. The maximum absolute atomic E-state index is 12.3. The van der Waals surface area contributed by atoms with Gasteiger partial charge in [-0.2, -0.15) is 0 Å².